The molecule has 0 bridgehead atoms. The highest BCUT2D eigenvalue weighted by Gasteiger charge is 2.61. The Bertz CT molecular complexity index is 4210. The van der Waals surface area contributed by atoms with Crippen LogP contribution in [0, 0.1) is 0 Å². The van der Waals surface area contributed by atoms with Gasteiger partial charge in [-0.15, -0.1) is 0 Å². The van der Waals surface area contributed by atoms with Gasteiger partial charge in [0.15, 0.2) is 5.82 Å². The first-order valence-corrected chi connectivity index (χ1v) is 24.3. The van der Waals surface area contributed by atoms with Gasteiger partial charge in [0.25, 0.3) is 0 Å². The lowest BCUT2D eigenvalue weighted by atomic mass is 9.81. The van der Waals surface area contributed by atoms with Gasteiger partial charge in [0, 0.05) is 44.2 Å². The minimum Gasteiger partial charge on any atom is -0.460 e. The predicted octanol–water partition coefficient (Wildman–Crippen LogP) is 16.3. The molecule has 0 saturated heterocycles. The van der Waals surface area contributed by atoms with Gasteiger partial charge in [-0.05, 0) is 104 Å². The van der Waals surface area contributed by atoms with Crippen molar-refractivity contribution in [2.45, 2.75) is 37.0 Å². The molecule has 70 heavy (non-hydrogen) atoms. The Labute approximate surface area is 405 Å². The first-order valence-electron chi connectivity index (χ1n) is 24.3. The van der Waals surface area contributed by atoms with Gasteiger partial charge in [0.05, 0.1) is 16.4 Å². The van der Waals surface area contributed by atoms with Crippen molar-refractivity contribution in [1.29, 1.82) is 0 Å². The molecule has 12 aromatic rings. The second-order valence-electron chi connectivity index (χ2n) is 20.0. The number of fused-ring (bicyclic) bond motifs is 12. The standard InChI is InChI=1S/C65H44N4O/c1-64(2)54-27-10-8-23-48(54)49-30-29-45(36-55(49)64)41-20-12-19-40(33-41)42-21-13-22-46(34-42)47-25-14-26-51-53-35-43-17-6-7-18-44(43)37-57(53)69(59(47)51)63-67-61(39-15-4-3-5-16-39)66-62(68-63)65-32-31-52-50-24-9-11-28-58(50)70-60(52)56(65)38-65/h3-37,56H,38H2,1-2H3. The van der Waals surface area contributed by atoms with Crippen LogP contribution in [0.4, 0.5) is 0 Å². The van der Waals surface area contributed by atoms with Crippen LogP contribution in [0.1, 0.15) is 54.5 Å². The van der Waals surface area contributed by atoms with E-state index < -0.39 is 5.41 Å². The average Bonchev–Trinajstić information content (AvgIpc) is 3.85. The lowest BCUT2D eigenvalue weighted by Gasteiger charge is -2.22. The van der Waals surface area contributed by atoms with Crippen molar-refractivity contribution in [1.82, 2.24) is 19.5 Å². The summed E-state index contributed by atoms with van der Waals surface area (Å²) < 4.78 is 8.91. The molecule has 5 heteroatoms. The molecule has 1 fully saturated rings. The summed E-state index contributed by atoms with van der Waals surface area (Å²) >= 11 is 0. The molecule has 15 rings (SSSR count). The van der Waals surface area contributed by atoms with Crippen molar-refractivity contribution in [3.8, 4) is 61.8 Å². The van der Waals surface area contributed by atoms with Crippen LogP contribution < -0.4 is 0 Å². The normalized spacial score (nSPS) is 17.2. The van der Waals surface area contributed by atoms with Crippen molar-refractivity contribution in [2.24, 2.45) is 0 Å². The zero-order valence-electron chi connectivity index (χ0n) is 38.7. The van der Waals surface area contributed by atoms with Crippen LogP contribution in [0.25, 0.3) is 111 Å². The molecule has 5 nitrogen and oxygen atoms in total. The molecule has 330 valence electrons. The van der Waals surface area contributed by atoms with E-state index in [-0.39, 0.29) is 11.3 Å². The summed E-state index contributed by atoms with van der Waals surface area (Å²) in [6.45, 7) is 4.70. The topological polar surface area (TPSA) is 56.7 Å². The van der Waals surface area contributed by atoms with Crippen LogP contribution in [0.2, 0.25) is 0 Å². The van der Waals surface area contributed by atoms with Gasteiger partial charge in [-0.1, -0.05) is 190 Å². The Kier molecular flexibility index (Phi) is 8.11. The van der Waals surface area contributed by atoms with Crippen LogP contribution in [-0.2, 0) is 10.8 Å². The maximum Gasteiger partial charge on any atom is 0.238 e. The van der Waals surface area contributed by atoms with Gasteiger partial charge in [0.1, 0.15) is 17.2 Å². The van der Waals surface area contributed by atoms with E-state index in [1.165, 1.54) is 44.3 Å². The van der Waals surface area contributed by atoms with Gasteiger partial charge < -0.3 is 4.42 Å². The summed E-state index contributed by atoms with van der Waals surface area (Å²) in [6.07, 6.45) is 5.42. The summed E-state index contributed by atoms with van der Waals surface area (Å²) in [6, 6.07) is 72.5. The van der Waals surface area contributed by atoms with Gasteiger partial charge in [-0.3, -0.25) is 4.57 Å². The molecule has 1 saturated carbocycles. The molecular weight excluding hydrogens is 853 g/mol. The molecule has 0 aliphatic heterocycles. The minimum absolute atomic E-state index is 0.0669. The Morgan fingerprint density at radius 3 is 1.99 bits per heavy atom. The van der Waals surface area contributed by atoms with Gasteiger partial charge in [0.2, 0.25) is 5.95 Å². The fraction of sp³-hybridized carbons (Fsp3) is 0.0923. The van der Waals surface area contributed by atoms with Crippen LogP contribution >= 0.6 is 0 Å². The van der Waals surface area contributed by atoms with E-state index in [1.807, 2.05) is 12.1 Å². The molecule has 0 radical (unpaired) electrons. The largest absolute Gasteiger partial charge is 0.460 e. The Balaban J connectivity index is 0.904. The maximum absolute atomic E-state index is 6.61. The fourth-order valence-electron chi connectivity index (χ4n) is 12.1. The van der Waals surface area contributed by atoms with Gasteiger partial charge >= 0.3 is 0 Å². The summed E-state index contributed by atoms with van der Waals surface area (Å²) in [5, 5.41) is 5.78. The highest BCUT2D eigenvalue weighted by atomic mass is 16.3. The van der Waals surface area contributed by atoms with Crippen LogP contribution in [0.3, 0.4) is 0 Å². The molecule has 0 spiro atoms. The summed E-state index contributed by atoms with van der Waals surface area (Å²) in [4.78, 5) is 16.3. The molecule has 2 unspecified atom stereocenters. The number of hydrogen-bond acceptors (Lipinski definition) is 4. The fourth-order valence-corrected chi connectivity index (χ4v) is 12.1. The number of rotatable bonds is 6. The molecular formula is C65H44N4O. The Morgan fingerprint density at radius 2 is 1.14 bits per heavy atom. The summed E-state index contributed by atoms with van der Waals surface area (Å²) in [7, 11) is 0. The van der Waals surface area contributed by atoms with E-state index in [2.05, 4.69) is 219 Å². The number of allylic oxidation sites excluding steroid dienone is 1. The van der Waals surface area contributed by atoms with E-state index in [4.69, 9.17) is 19.4 Å². The predicted molar refractivity (Wildman–Crippen MR) is 285 cm³/mol. The SMILES string of the molecule is CC1(C)c2ccccc2-c2ccc(-c3cccc(-c4cccc(-c5cccc6c7cc8ccccc8cc7n(-c7nc(-c8ccccc8)nc(C89C=Cc%10c(oc%11ccccc%10%11)C8C9)n7)c56)c4)c3)cc21. The average molecular weight is 897 g/mol. The van der Waals surface area contributed by atoms with Crippen LogP contribution in [0.15, 0.2) is 211 Å². The van der Waals surface area contributed by atoms with Crippen LogP contribution in [-0.4, -0.2) is 19.5 Å². The molecule has 3 aliphatic rings. The molecule has 0 amide bonds. The number of hydrogen-bond donors (Lipinski definition) is 0. The van der Waals surface area contributed by atoms with Crippen LogP contribution in [0.5, 0.6) is 0 Å². The minimum atomic E-state index is -0.416. The van der Waals surface area contributed by atoms with E-state index in [1.54, 1.807) is 0 Å². The lowest BCUT2D eigenvalue weighted by Crippen LogP contribution is -2.17. The van der Waals surface area contributed by atoms with E-state index in [0.717, 1.165) is 84.0 Å². The number of nitrogens with zero attached hydrogens (tertiary/aromatic N) is 4. The second-order valence-corrected chi connectivity index (χ2v) is 20.0. The van der Waals surface area contributed by atoms with E-state index in [0.29, 0.717) is 11.8 Å². The number of benzene rings is 9. The first-order chi connectivity index (χ1) is 34.4. The highest BCUT2D eigenvalue weighted by Crippen LogP contribution is 2.65. The number of aromatic nitrogens is 4. The number of furan rings is 1. The Morgan fingerprint density at radius 1 is 0.500 bits per heavy atom. The second kappa shape index (κ2) is 14.4. The van der Waals surface area contributed by atoms with Gasteiger partial charge in [-0.2, -0.15) is 9.97 Å². The highest BCUT2D eigenvalue weighted by molar-refractivity contribution is 6.17. The third-order valence-corrected chi connectivity index (χ3v) is 15.7. The lowest BCUT2D eigenvalue weighted by molar-refractivity contribution is 0.533. The summed E-state index contributed by atoms with van der Waals surface area (Å²) in [5.41, 5.74) is 17.1. The van der Waals surface area contributed by atoms with Crippen molar-refractivity contribution in [2.75, 3.05) is 0 Å². The third kappa shape index (κ3) is 5.69. The number of para-hydroxylation sites is 2. The molecule has 3 aliphatic carbocycles. The monoisotopic (exact) mass is 896 g/mol. The smallest absolute Gasteiger partial charge is 0.238 e. The zero-order valence-corrected chi connectivity index (χ0v) is 38.7. The van der Waals surface area contributed by atoms with Crippen molar-refractivity contribution >= 4 is 49.6 Å². The van der Waals surface area contributed by atoms with E-state index >= 15 is 0 Å². The third-order valence-electron chi connectivity index (χ3n) is 15.7. The molecule has 9 aromatic carbocycles. The van der Waals surface area contributed by atoms with Gasteiger partial charge in [-0.25, -0.2) is 4.98 Å². The van der Waals surface area contributed by atoms with Crippen molar-refractivity contribution in [3.05, 3.63) is 235 Å². The molecule has 2 atom stereocenters. The maximum atomic E-state index is 6.61. The van der Waals surface area contributed by atoms with E-state index in [9.17, 15) is 0 Å². The molecule has 3 aromatic heterocycles. The van der Waals surface area contributed by atoms with Crippen molar-refractivity contribution in [3.63, 3.8) is 0 Å². The first kappa shape index (κ1) is 39.3. The quantitative estimate of drug-likeness (QED) is 0.167. The van der Waals surface area contributed by atoms with Crippen molar-refractivity contribution < 1.29 is 4.42 Å². The Hall–Kier alpha value is -8.67. The zero-order chi connectivity index (χ0) is 46.3. The molecule has 0 N–H and O–H groups in total. The molecule has 3 heterocycles. The summed E-state index contributed by atoms with van der Waals surface area (Å²) in [5.74, 6) is 3.15.